The van der Waals surface area contributed by atoms with Gasteiger partial charge in [0.15, 0.2) is 0 Å². The number of aromatic amines is 1. The molecule has 0 spiro atoms. The Labute approximate surface area is 116 Å². The van der Waals surface area contributed by atoms with Gasteiger partial charge in [-0.3, -0.25) is 9.89 Å². The van der Waals surface area contributed by atoms with Gasteiger partial charge in [-0.2, -0.15) is 10.4 Å². The zero-order valence-corrected chi connectivity index (χ0v) is 11.2. The highest BCUT2D eigenvalue weighted by atomic mass is 16.1. The molecule has 0 radical (unpaired) electrons. The van der Waals surface area contributed by atoms with Gasteiger partial charge in [0.1, 0.15) is 11.8 Å². The second kappa shape index (κ2) is 6.48. The van der Waals surface area contributed by atoms with E-state index in [1.165, 1.54) is 6.20 Å². The molecule has 0 aliphatic carbocycles. The number of nitrogens with one attached hydrogen (secondary N) is 2. The lowest BCUT2D eigenvalue weighted by Crippen LogP contribution is -2.25. The van der Waals surface area contributed by atoms with Crippen molar-refractivity contribution in [3.05, 3.63) is 47.0 Å². The third kappa shape index (κ3) is 3.42. The summed E-state index contributed by atoms with van der Waals surface area (Å²) in [6.07, 6.45) is 4.90. The van der Waals surface area contributed by atoms with Crippen molar-refractivity contribution in [2.24, 2.45) is 0 Å². The molecule has 0 fully saturated rings. The zero-order valence-electron chi connectivity index (χ0n) is 11.2. The predicted octanol–water partition coefficient (Wildman–Crippen LogP) is 1.35. The van der Waals surface area contributed by atoms with Gasteiger partial charge in [-0.25, -0.2) is 4.98 Å². The molecular weight excluding hydrogens is 254 g/mol. The normalized spacial score (nSPS) is 10.0. The van der Waals surface area contributed by atoms with E-state index < -0.39 is 0 Å². The second-order valence-corrected chi connectivity index (χ2v) is 4.42. The zero-order chi connectivity index (χ0) is 14.4. The minimum absolute atomic E-state index is 0.224. The van der Waals surface area contributed by atoms with Crippen LogP contribution in [-0.2, 0) is 6.42 Å². The number of aryl methyl sites for hydroxylation is 2. The molecule has 0 saturated heterocycles. The Hall–Kier alpha value is -2.68. The van der Waals surface area contributed by atoms with Gasteiger partial charge >= 0.3 is 0 Å². The summed E-state index contributed by atoms with van der Waals surface area (Å²) in [6.45, 7) is 2.55. The highest BCUT2D eigenvalue weighted by Gasteiger charge is 2.06. The first-order valence-corrected chi connectivity index (χ1v) is 6.34. The van der Waals surface area contributed by atoms with Crippen molar-refractivity contribution in [1.29, 1.82) is 5.26 Å². The lowest BCUT2D eigenvalue weighted by Gasteiger charge is -2.04. The summed E-state index contributed by atoms with van der Waals surface area (Å²) in [6, 6.07) is 5.09. The van der Waals surface area contributed by atoms with Crippen molar-refractivity contribution in [3.8, 4) is 6.07 Å². The first-order valence-electron chi connectivity index (χ1n) is 6.34. The van der Waals surface area contributed by atoms with Crippen molar-refractivity contribution in [2.45, 2.75) is 19.8 Å². The highest BCUT2D eigenvalue weighted by Crippen LogP contribution is 2.05. The smallest absolute Gasteiger partial charge is 0.269 e. The predicted molar refractivity (Wildman–Crippen MR) is 72.9 cm³/mol. The largest absolute Gasteiger partial charge is 0.351 e. The molecule has 6 nitrogen and oxygen atoms in total. The molecular formula is C14H15N5O. The molecule has 0 aliphatic heterocycles. The maximum atomic E-state index is 11.8. The third-order valence-electron chi connectivity index (χ3n) is 2.97. The molecule has 6 heteroatoms. The first kappa shape index (κ1) is 13.7. The van der Waals surface area contributed by atoms with Crippen molar-refractivity contribution in [2.75, 3.05) is 6.54 Å². The number of nitriles is 1. The number of aromatic nitrogens is 3. The van der Waals surface area contributed by atoms with Gasteiger partial charge in [-0.05, 0) is 37.5 Å². The van der Waals surface area contributed by atoms with E-state index in [2.05, 4.69) is 20.5 Å². The second-order valence-electron chi connectivity index (χ2n) is 4.42. The first-order chi connectivity index (χ1) is 9.70. The Balaban J connectivity index is 1.77. The van der Waals surface area contributed by atoms with E-state index in [4.69, 9.17) is 5.26 Å². The topological polar surface area (TPSA) is 94.5 Å². The SMILES string of the molecule is Cc1[nH]ncc1CCCNC(=O)c1ccc(C#N)cn1. The summed E-state index contributed by atoms with van der Waals surface area (Å²) >= 11 is 0. The molecule has 102 valence electrons. The Morgan fingerprint density at radius 3 is 2.90 bits per heavy atom. The van der Waals surface area contributed by atoms with E-state index >= 15 is 0 Å². The van der Waals surface area contributed by atoms with Crippen LogP contribution in [0.25, 0.3) is 0 Å². The van der Waals surface area contributed by atoms with Crippen LogP contribution in [0.15, 0.2) is 24.5 Å². The third-order valence-corrected chi connectivity index (χ3v) is 2.97. The Kier molecular flexibility index (Phi) is 4.45. The quantitative estimate of drug-likeness (QED) is 0.801. The minimum atomic E-state index is -0.224. The summed E-state index contributed by atoms with van der Waals surface area (Å²) in [7, 11) is 0. The fourth-order valence-electron chi connectivity index (χ4n) is 1.79. The average molecular weight is 269 g/mol. The Morgan fingerprint density at radius 2 is 2.30 bits per heavy atom. The maximum Gasteiger partial charge on any atom is 0.269 e. The van der Waals surface area contributed by atoms with E-state index in [0.717, 1.165) is 24.1 Å². The van der Waals surface area contributed by atoms with Gasteiger partial charge in [0.25, 0.3) is 5.91 Å². The van der Waals surface area contributed by atoms with Crippen LogP contribution in [0.1, 0.15) is 33.7 Å². The van der Waals surface area contributed by atoms with Gasteiger partial charge in [0.05, 0.1) is 11.8 Å². The summed E-state index contributed by atoms with van der Waals surface area (Å²) in [5, 5.41) is 18.3. The number of amides is 1. The van der Waals surface area contributed by atoms with Crippen LogP contribution < -0.4 is 5.32 Å². The minimum Gasteiger partial charge on any atom is -0.351 e. The van der Waals surface area contributed by atoms with E-state index in [9.17, 15) is 4.79 Å². The van der Waals surface area contributed by atoms with Crippen molar-refractivity contribution >= 4 is 5.91 Å². The van der Waals surface area contributed by atoms with Crippen LogP contribution in [-0.4, -0.2) is 27.6 Å². The van der Waals surface area contributed by atoms with Crippen LogP contribution in [0.3, 0.4) is 0 Å². The molecule has 0 saturated carbocycles. The number of hydrogen-bond acceptors (Lipinski definition) is 4. The fourth-order valence-corrected chi connectivity index (χ4v) is 1.79. The van der Waals surface area contributed by atoms with Crippen molar-refractivity contribution in [3.63, 3.8) is 0 Å². The molecule has 2 N–H and O–H groups in total. The molecule has 2 aromatic rings. The van der Waals surface area contributed by atoms with E-state index in [1.807, 2.05) is 13.0 Å². The van der Waals surface area contributed by atoms with Crippen LogP contribution >= 0.6 is 0 Å². The van der Waals surface area contributed by atoms with Gasteiger partial charge in [-0.15, -0.1) is 0 Å². The molecule has 0 atom stereocenters. The average Bonchev–Trinajstić information content (AvgIpc) is 2.89. The van der Waals surface area contributed by atoms with E-state index in [0.29, 0.717) is 17.8 Å². The molecule has 2 rings (SSSR count). The number of H-pyrrole nitrogens is 1. The standard InChI is InChI=1S/C14H15N5O/c1-10-12(9-18-19-10)3-2-6-16-14(20)13-5-4-11(7-15)8-17-13/h4-5,8-9H,2-3,6H2,1H3,(H,16,20)(H,18,19). The molecule has 0 aliphatic rings. The molecule has 2 heterocycles. The molecule has 20 heavy (non-hydrogen) atoms. The summed E-state index contributed by atoms with van der Waals surface area (Å²) < 4.78 is 0. The number of hydrogen-bond donors (Lipinski definition) is 2. The van der Waals surface area contributed by atoms with Gasteiger partial charge in [0, 0.05) is 18.4 Å². The van der Waals surface area contributed by atoms with E-state index in [-0.39, 0.29) is 5.91 Å². The maximum absolute atomic E-state index is 11.8. The number of rotatable bonds is 5. The number of carbonyl (C=O) groups is 1. The van der Waals surface area contributed by atoms with Gasteiger partial charge in [-0.1, -0.05) is 0 Å². The number of nitrogens with zero attached hydrogens (tertiary/aromatic N) is 3. The van der Waals surface area contributed by atoms with Crippen molar-refractivity contribution in [1.82, 2.24) is 20.5 Å². The lowest BCUT2D eigenvalue weighted by molar-refractivity contribution is 0.0948. The van der Waals surface area contributed by atoms with Crippen LogP contribution in [0.5, 0.6) is 0 Å². The number of carbonyl (C=O) groups excluding carboxylic acids is 1. The number of pyridine rings is 1. The van der Waals surface area contributed by atoms with E-state index in [1.54, 1.807) is 18.3 Å². The summed E-state index contributed by atoms with van der Waals surface area (Å²) in [5.74, 6) is -0.224. The molecule has 0 unspecified atom stereocenters. The Morgan fingerprint density at radius 1 is 1.45 bits per heavy atom. The monoisotopic (exact) mass is 269 g/mol. The highest BCUT2D eigenvalue weighted by molar-refractivity contribution is 5.92. The van der Waals surface area contributed by atoms with Crippen molar-refractivity contribution < 1.29 is 4.79 Å². The molecule has 0 aromatic carbocycles. The lowest BCUT2D eigenvalue weighted by atomic mass is 10.1. The van der Waals surface area contributed by atoms with Crippen LogP contribution in [0, 0.1) is 18.3 Å². The molecule has 2 aromatic heterocycles. The van der Waals surface area contributed by atoms with Crippen LogP contribution in [0.4, 0.5) is 0 Å². The molecule has 0 bridgehead atoms. The summed E-state index contributed by atoms with van der Waals surface area (Å²) in [4.78, 5) is 15.7. The van der Waals surface area contributed by atoms with Crippen LogP contribution in [0.2, 0.25) is 0 Å². The molecule has 1 amide bonds. The van der Waals surface area contributed by atoms with Gasteiger partial charge in [0.2, 0.25) is 0 Å². The summed E-state index contributed by atoms with van der Waals surface area (Å²) in [5.41, 5.74) is 2.99. The van der Waals surface area contributed by atoms with Gasteiger partial charge < -0.3 is 5.32 Å². The Bertz CT molecular complexity index is 624. The fraction of sp³-hybridized carbons (Fsp3) is 0.286.